The van der Waals surface area contributed by atoms with Crippen molar-refractivity contribution in [2.45, 2.75) is 32.6 Å². The van der Waals surface area contributed by atoms with Gasteiger partial charge in [-0.3, -0.25) is 4.79 Å². The molecule has 1 aliphatic heterocycles. The predicted octanol–water partition coefficient (Wildman–Crippen LogP) is 2.25. The molecule has 1 aromatic heterocycles. The first-order valence-electron chi connectivity index (χ1n) is 8.63. The highest BCUT2D eigenvalue weighted by Crippen LogP contribution is 2.24. The molecule has 124 valence electrons. The van der Waals surface area contributed by atoms with E-state index in [1.165, 1.54) is 12.8 Å². The summed E-state index contributed by atoms with van der Waals surface area (Å²) in [6.45, 7) is 5.01. The van der Waals surface area contributed by atoms with Gasteiger partial charge in [0.1, 0.15) is 5.82 Å². The van der Waals surface area contributed by atoms with E-state index in [0.29, 0.717) is 24.8 Å². The van der Waals surface area contributed by atoms with Gasteiger partial charge in [-0.05, 0) is 49.9 Å². The summed E-state index contributed by atoms with van der Waals surface area (Å²) in [6.07, 6.45) is 3.74. The number of hydrogen-bond acceptors (Lipinski definition) is 3. The molecule has 5 heteroatoms. The Hall–Kier alpha value is -1.88. The molecule has 23 heavy (non-hydrogen) atoms. The second-order valence-corrected chi connectivity index (χ2v) is 6.57. The summed E-state index contributed by atoms with van der Waals surface area (Å²) in [5.74, 6) is 2.23. The maximum atomic E-state index is 12.1. The van der Waals surface area contributed by atoms with Gasteiger partial charge in [0, 0.05) is 19.4 Å². The fourth-order valence-corrected chi connectivity index (χ4v) is 3.39. The maximum absolute atomic E-state index is 12.1. The lowest BCUT2D eigenvalue weighted by Gasteiger charge is -2.27. The third-order valence-corrected chi connectivity index (χ3v) is 4.82. The van der Waals surface area contributed by atoms with E-state index < -0.39 is 0 Å². The number of H-pyrrole nitrogens is 1. The van der Waals surface area contributed by atoms with Gasteiger partial charge >= 0.3 is 0 Å². The normalized spacial score (nSPS) is 17.3. The lowest BCUT2D eigenvalue weighted by molar-refractivity contribution is -0.122. The highest BCUT2D eigenvalue weighted by atomic mass is 16.1. The van der Waals surface area contributed by atoms with Crippen molar-refractivity contribution < 1.29 is 4.79 Å². The zero-order valence-corrected chi connectivity index (χ0v) is 13.8. The molecule has 1 unspecified atom stereocenters. The molecule has 0 aliphatic carbocycles. The van der Waals surface area contributed by atoms with Crippen molar-refractivity contribution in [3.05, 3.63) is 30.1 Å². The van der Waals surface area contributed by atoms with Gasteiger partial charge in [0.2, 0.25) is 5.91 Å². The Morgan fingerprint density at radius 2 is 2.13 bits per heavy atom. The number of aromatic amines is 1. The van der Waals surface area contributed by atoms with Crippen LogP contribution in [0.5, 0.6) is 0 Å². The van der Waals surface area contributed by atoms with Gasteiger partial charge in [-0.2, -0.15) is 0 Å². The van der Waals surface area contributed by atoms with Crippen molar-refractivity contribution >= 4 is 16.9 Å². The number of imidazole rings is 1. The number of para-hydroxylation sites is 2. The van der Waals surface area contributed by atoms with E-state index in [4.69, 9.17) is 0 Å². The highest BCUT2D eigenvalue weighted by molar-refractivity contribution is 5.76. The topological polar surface area (TPSA) is 69.8 Å². The van der Waals surface area contributed by atoms with Gasteiger partial charge in [-0.1, -0.05) is 19.1 Å². The number of carbonyl (C=O) groups is 1. The first kappa shape index (κ1) is 16.0. The average Bonchev–Trinajstić information content (AvgIpc) is 2.98. The van der Waals surface area contributed by atoms with Crippen molar-refractivity contribution in [1.29, 1.82) is 0 Å². The summed E-state index contributed by atoms with van der Waals surface area (Å²) in [5, 5.41) is 6.41. The van der Waals surface area contributed by atoms with Crippen LogP contribution in [-0.4, -0.2) is 35.5 Å². The second-order valence-electron chi connectivity index (χ2n) is 6.57. The molecule has 1 saturated heterocycles. The number of fused-ring (bicyclic) bond motifs is 1. The van der Waals surface area contributed by atoms with Crippen LogP contribution in [0.3, 0.4) is 0 Å². The minimum absolute atomic E-state index is 0.159. The van der Waals surface area contributed by atoms with Crippen molar-refractivity contribution in [3.8, 4) is 0 Å². The van der Waals surface area contributed by atoms with E-state index in [9.17, 15) is 4.79 Å². The minimum Gasteiger partial charge on any atom is -0.356 e. The molecule has 0 radical (unpaired) electrons. The van der Waals surface area contributed by atoms with Crippen LogP contribution in [0, 0.1) is 11.8 Å². The SMILES string of the molecule is CC(CC(=O)NCCc1nc2ccccc2[nH]1)C1CCNCC1. The Morgan fingerprint density at radius 1 is 1.35 bits per heavy atom. The van der Waals surface area contributed by atoms with Crippen LogP contribution >= 0.6 is 0 Å². The van der Waals surface area contributed by atoms with E-state index >= 15 is 0 Å². The molecule has 0 bridgehead atoms. The quantitative estimate of drug-likeness (QED) is 0.766. The first-order chi connectivity index (χ1) is 11.2. The maximum Gasteiger partial charge on any atom is 0.220 e. The van der Waals surface area contributed by atoms with Crippen molar-refractivity contribution in [3.63, 3.8) is 0 Å². The smallest absolute Gasteiger partial charge is 0.220 e. The molecule has 3 rings (SSSR count). The molecule has 5 nitrogen and oxygen atoms in total. The van der Waals surface area contributed by atoms with Crippen LogP contribution in [-0.2, 0) is 11.2 Å². The summed E-state index contributed by atoms with van der Waals surface area (Å²) >= 11 is 0. The first-order valence-corrected chi connectivity index (χ1v) is 8.63. The number of nitrogens with one attached hydrogen (secondary N) is 3. The molecule has 2 aromatic rings. The Labute approximate surface area is 137 Å². The lowest BCUT2D eigenvalue weighted by Crippen LogP contribution is -2.34. The van der Waals surface area contributed by atoms with E-state index in [2.05, 4.69) is 27.5 Å². The van der Waals surface area contributed by atoms with Gasteiger partial charge in [-0.15, -0.1) is 0 Å². The fraction of sp³-hybridized carbons (Fsp3) is 0.556. The molecular weight excluding hydrogens is 288 g/mol. The van der Waals surface area contributed by atoms with Crippen LogP contribution in [0.1, 0.15) is 32.0 Å². The van der Waals surface area contributed by atoms with Crippen molar-refractivity contribution in [2.24, 2.45) is 11.8 Å². The molecule has 1 atom stereocenters. The Balaban J connectivity index is 1.41. The van der Waals surface area contributed by atoms with Crippen LogP contribution < -0.4 is 10.6 Å². The average molecular weight is 314 g/mol. The monoisotopic (exact) mass is 314 g/mol. The molecule has 3 N–H and O–H groups in total. The number of piperidine rings is 1. The molecule has 1 fully saturated rings. The van der Waals surface area contributed by atoms with Gasteiger partial charge in [-0.25, -0.2) is 4.98 Å². The standard InChI is InChI=1S/C18H26N4O/c1-13(14-6-9-19-10-7-14)12-18(23)20-11-8-17-21-15-4-2-3-5-16(15)22-17/h2-5,13-14,19H,6-12H2,1H3,(H,20,23)(H,21,22). The number of benzene rings is 1. The van der Waals surface area contributed by atoms with Gasteiger partial charge < -0.3 is 15.6 Å². The van der Waals surface area contributed by atoms with Crippen LogP contribution in [0.4, 0.5) is 0 Å². The Bertz CT molecular complexity index is 612. The summed E-state index contributed by atoms with van der Waals surface area (Å²) in [7, 11) is 0. The zero-order chi connectivity index (χ0) is 16.1. The van der Waals surface area contributed by atoms with Crippen LogP contribution in [0.25, 0.3) is 11.0 Å². The predicted molar refractivity (Wildman–Crippen MR) is 92.2 cm³/mol. The number of rotatable bonds is 6. The molecule has 0 saturated carbocycles. The van der Waals surface area contributed by atoms with E-state index in [1.54, 1.807) is 0 Å². The van der Waals surface area contributed by atoms with E-state index in [-0.39, 0.29) is 5.91 Å². The van der Waals surface area contributed by atoms with Gasteiger partial charge in [0.05, 0.1) is 11.0 Å². The molecule has 0 spiro atoms. The van der Waals surface area contributed by atoms with Crippen LogP contribution in [0.15, 0.2) is 24.3 Å². The summed E-state index contributed by atoms with van der Waals surface area (Å²) in [5.41, 5.74) is 2.03. The van der Waals surface area contributed by atoms with Gasteiger partial charge in [0.25, 0.3) is 0 Å². The van der Waals surface area contributed by atoms with Crippen LogP contribution in [0.2, 0.25) is 0 Å². The molecule has 1 amide bonds. The molecule has 1 aromatic carbocycles. The summed E-state index contributed by atoms with van der Waals surface area (Å²) in [6, 6.07) is 7.99. The fourth-order valence-electron chi connectivity index (χ4n) is 3.39. The molecule has 1 aliphatic rings. The minimum atomic E-state index is 0.159. The van der Waals surface area contributed by atoms with Gasteiger partial charge in [0.15, 0.2) is 0 Å². The largest absolute Gasteiger partial charge is 0.356 e. The lowest BCUT2D eigenvalue weighted by atomic mass is 9.84. The third-order valence-electron chi connectivity index (χ3n) is 4.82. The Kier molecular flexibility index (Phi) is 5.28. The zero-order valence-electron chi connectivity index (χ0n) is 13.8. The molecular formula is C18H26N4O. The number of aromatic nitrogens is 2. The number of amides is 1. The summed E-state index contributed by atoms with van der Waals surface area (Å²) in [4.78, 5) is 19.9. The number of carbonyl (C=O) groups excluding carboxylic acids is 1. The third kappa shape index (κ3) is 4.32. The number of hydrogen-bond donors (Lipinski definition) is 3. The van der Waals surface area contributed by atoms with E-state index in [0.717, 1.165) is 36.4 Å². The molecule has 2 heterocycles. The Morgan fingerprint density at radius 3 is 2.91 bits per heavy atom. The second kappa shape index (κ2) is 7.59. The summed E-state index contributed by atoms with van der Waals surface area (Å²) < 4.78 is 0. The highest BCUT2D eigenvalue weighted by Gasteiger charge is 2.21. The van der Waals surface area contributed by atoms with Crippen molar-refractivity contribution in [2.75, 3.05) is 19.6 Å². The van der Waals surface area contributed by atoms with Crippen molar-refractivity contribution in [1.82, 2.24) is 20.6 Å². The number of nitrogens with zero attached hydrogens (tertiary/aromatic N) is 1. The van der Waals surface area contributed by atoms with E-state index in [1.807, 2.05) is 24.3 Å².